The predicted octanol–water partition coefficient (Wildman–Crippen LogP) is 5.64. The number of hydrogen-bond acceptors (Lipinski definition) is 5. The summed E-state index contributed by atoms with van der Waals surface area (Å²) in [5.74, 6) is 1.72. The van der Waals surface area contributed by atoms with Gasteiger partial charge >= 0.3 is 0 Å². The van der Waals surface area contributed by atoms with E-state index in [0.717, 1.165) is 41.6 Å². The van der Waals surface area contributed by atoms with Crippen molar-refractivity contribution in [1.82, 2.24) is 10.2 Å². The van der Waals surface area contributed by atoms with E-state index in [4.69, 9.17) is 0 Å². The van der Waals surface area contributed by atoms with Crippen LogP contribution >= 0.6 is 11.8 Å². The first-order valence-electron chi connectivity index (χ1n) is 10.9. The number of nitrogens with one attached hydrogen (secondary N) is 1. The summed E-state index contributed by atoms with van der Waals surface area (Å²) in [5, 5.41) is 11.9. The highest BCUT2D eigenvalue weighted by Gasteiger charge is 2.12. The Morgan fingerprint density at radius 2 is 1.71 bits per heavy atom. The first-order chi connectivity index (χ1) is 15.3. The monoisotopic (exact) mass is 432 g/mol. The molecule has 2 heterocycles. The second kappa shape index (κ2) is 11.0. The third-order valence-electron chi connectivity index (χ3n) is 5.36. The van der Waals surface area contributed by atoms with Gasteiger partial charge in [0.05, 0.1) is 5.69 Å². The molecule has 3 aromatic rings. The van der Waals surface area contributed by atoms with E-state index in [1.807, 2.05) is 48.5 Å². The number of nitrogens with zero attached hydrogens (tertiary/aromatic N) is 3. The van der Waals surface area contributed by atoms with Crippen LogP contribution in [-0.4, -0.2) is 34.9 Å². The van der Waals surface area contributed by atoms with Crippen LogP contribution in [0, 0.1) is 0 Å². The Balaban J connectivity index is 1.33. The fourth-order valence-corrected chi connectivity index (χ4v) is 4.58. The smallest absolute Gasteiger partial charge is 0.225 e. The minimum atomic E-state index is 0.0168. The number of carbonyl (C=O) groups is 1. The SMILES string of the molecule is O=C(CCSc1ccccc1)Nc1cccc(-c2ccc(N3CCCCCC3)nn2)c1. The molecule has 4 rings (SSSR count). The molecular formula is C25H28N4OS. The summed E-state index contributed by atoms with van der Waals surface area (Å²) in [5.41, 5.74) is 2.55. The van der Waals surface area contributed by atoms with E-state index >= 15 is 0 Å². The molecule has 1 fully saturated rings. The summed E-state index contributed by atoms with van der Waals surface area (Å²) in [4.78, 5) is 15.8. The summed E-state index contributed by atoms with van der Waals surface area (Å²) < 4.78 is 0. The van der Waals surface area contributed by atoms with Gasteiger partial charge in [0.2, 0.25) is 5.91 Å². The van der Waals surface area contributed by atoms with E-state index in [2.05, 4.69) is 38.6 Å². The molecule has 2 aromatic carbocycles. The Labute approximate surface area is 188 Å². The number of amides is 1. The predicted molar refractivity (Wildman–Crippen MR) is 129 cm³/mol. The first-order valence-corrected chi connectivity index (χ1v) is 11.9. The Kier molecular flexibility index (Phi) is 7.56. The zero-order chi connectivity index (χ0) is 21.3. The molecule has 160 valence electrons. The maximum Gasteiger partial charge on any atom is 0.225 e. The third-order valence-corrected chi connectivity index (χ3v) is 6.38. The molecule has 1 amide bonds. The molecule has 0 aliphatic carbocycles. The average molecular weight is 433 g/mol. The molecule has 1 saturated heterocycles. The highest BCUT2D eigenvalue weighted by molar-refractivity contribution is 7.99. The number of rotatable bonds is 7. The fraction of sp³-hybridized carbons (Fsp3) is 0.320. The average Bonchev–Trinajstić information content (AvgIpc) is 3.10. The molecule has 0 bridgehead atoms. The van der Waals surface area contributed by atoms with Gasteiger partial charge in [-0.05, 0) is 49.2 Å². The van der Waals surface area contributed by atoms with Crippen molar-refractivity contribution in [3.63, 3.8) is 0 Å². The first kappa shape index (κ1) is 21.4. The summed E-state index contributed by atoms with van der Waals surface area (Å²) >= 11 is 1.69. The molecule has 0 atom stereocenters. The van der Waals surface area contributed by atoms with Crippen molar-refractivity contribution in [3.8, 4) is 11.3 Å². The molecular weight excluding hydrogens is 404 g/mol. The topological polar surface area (TPSA) is 58.1 Å². The number of hydrogen-bond donors (Lipinski definition) is 1. The minimum absolute atomic E-state index is 0.0168. The van der Waals surface area contributed by atoms with Crippen molar-refractivity contribution in [1.29, 1.82) is 0 Å². The molecule has 0 saturated carbocycles. The largest absolute Gasteiger partial charge is 0.355 e. The van der Waals surface area contributed by atoms with Gasteiger partial charge in [-0.3, -0.25) is 4.79 Å². The van der Waals surface area contributed by atoms with Gasteiger partial charge in [0.25, 0.3) is 0 Å². The van der Waals surface area contributed by atoms with E-state index in [0.29, 0.717) is 6.42 Å². The lowest BCUT2D eigenvalue weighted by molar-refractivity contribution is -0.115. The van der Waals surface area contributed by atoms with Crippen molar-refractivity contribution in [2.45, 2.75) is 37.0 Å². The fourth-order valence-electron chi connectivity index (χ4n) is 3.71. The number of aromatic nitrogens is 2. The van der Waals surface area contributed by atoms with Gasteiger partial charge in [-0.25, -0.2) is 0 Å². The van der Waals surface area contributed by atoms with E-state index in [1.165, 1.54) is 30.6 Å². The summed E-state index contributed by atoms with van der Waals surface area (Å²) in [6, 6.07) is 22.0. The lowest BCUT2D eigenvalue weighted by atomic mass is 10.1. The molecule has 5 nitrogen and oxygen atoms in total. The quantitative estimate of drug-likeness (QED) is 0.489. The molecule has 31 heavy (non-hydrogen) atoms. The minimum Gasteiger partial charge on any atom is -0.355 e. The van der Waals surface area contributed by atoms with Crippen LogP contribution in [0.1, 0.15) is 32.1 Å². The van der Waals surface area contributed by atoms with Crippen LogP contribution < -0.4 is 10.2 Å². The van der Waals surface area contributed by atoms with Crippen LogP contribution in [0.3, 0.4) is 0 Å². The summed E-state index contributed by atoms with van der Waals surface area (Å²) in [6.07, 6.45) is 5.50. The van der Waals surface area contributed by atoms with Crippen LogP contribution in [0.2, 0.25) is 0 Å². The lowest BCUT2D eigenvalue weighted by Crippen LogP contribution is -2.25. The van der Waals surface area contributed by atoms with Crippen molar-refractivity contribution < 1.29 is 4.79 Å². The molecule has 1 N–H and O–H groups in total. The maximum absolute atomic E-state index is 12.3. The summed E-state index contributed by atoms with van der Waals surface area (Å²) in [6.45, 7) is 2.11. The van der Waals surface area contributed by atoms with Gasteiger partial charge < -0.3 is 10.2 Å². The molecule has 0 radical (unpaired) electrons. The Morgan fingerprint density at radius 3 is 2.45 bits per heavy atom. The van der Waals surface area contributed by atoms with E-state index in [9.17, 15) is 4.79 Å². The number of thioether (sulfide) groups is 1. The Bertz CT molecular complexity index is 970. The molecule has 0 spiro atoms. The van der Waals surface area contributed by atoms with Crippen LogP contribution in [0.25, 0.3) is 11.3 Å². The summed E-state index contributed by atoms with van der Waals surface area (Å²) in [7, 11) is 0. The van der Waals surface area contributed by atoms with Gasteiger partial charge in [-0.1, -0.05) is 43.2 Å². The van der Waals surface area contributed by atoms with Gasteiger partial charge in [0.15, 0.2) is 5.82 Å². The molecule has 1 aromatic heterocycles. The van der Waals surface area contributed by atoms with Gasteiger partial charge in [-0.2, -0.15) is 0 Å². The van der Waals surface area contributed by atoms with Crippen LogP contribution in [0.15, 0.2) is 71.6 Å². The highest BCUT2D eigenvalue weighted by Crippen LogP contribution is 2.24. The second-order valence-electron chi connectivity index (χ2n) is 7.72. The molecule has 0 unspecified atom stereocenters. The molecule has 1 aliphatic rings. The van der Waals surface area contributed by atoms with Gasteiger partial charge in [-0.15, -0.1) is 22.0 Å². The zero-order valence-corrected chi connectivity index (χ0v) is 18.5. The zero-order valence-electron chi connectivity index (χ0n) is 17.7. The maximum atomic E-state index is 12.3. The standard InChI is InChI=1S/C25H28N4OS/c30-25(15-18-31-22-11-4-3-5-12-22)26-21-10-8-9-20(19-21)23-13-14-24(28-27-23)29-16-6-1-2-7-17-29/h3-5,8-14,19H,1-2,6-7,15-18H2,(H,26,30). The van der Waals surface area contributed by atoms with Crippen molar-refractivity contribution in [2.75, 3.05) is 29.1 Å². The van der Waals surface area contributed by atoms with Gasteiger partial charge in [0.1, 0.15) is 0 Å². The second-order valence-corrected chi connectivity index (χ2v) is 8.89. The van der Waals surface area contributed by atoms with E-state index in [-0.39, 0.29) is 5.91 Å². The van der Waals surface area contributed by atoms with Crippen molar-refractivity contribution in [2.24, 2.45) is 0 Å². The normalized spacial score (nSPS) is 14.1. The third kappa shape index (κ3) is 6.31. The van der Waals surface area contributed by atoms with Crippen LogP contribution in [0.5, 0.6) is 0 Å². The lowest BCUT2D eigenvalue weighted by Gasteiger charge is -2.20. The number of carbonyl (C=O) groups excluding carboxylic acids is 1. The van der Waals surface area contributed by atoms with Crippen LogP contribution in [0.4, 0.5) is 11.5 Å². The van der Waals surface area contributed by atoms with Crippen molar-refractivity contribution in [3.05, 3.63) is 66.7 Å². The van der Waals surface area contributed by atoms with E-state index in [1.54, 1.807) is 11.8 Å². The van der Waals surface area contributed by atoms with Gasteiger partial charge in [0, 0.05) is 41.4 Å². The van der Waals surface area contributed by atoms with Crippen LogP contribution in [-0.2, 0) is 4.79 Å². The molecule has 6 heteroatoms. The Hall–Kier alpha value is -2.86. The number of anilines is 2. The molecule has 1 aliphatic heterocycles. The van der Waals surface area contributed by atoms with Crippen molar-refractivity contribution >= 4 is 29.2 Å². The number of benzene rings is 2. The van der Waals surface area contributed by atoms with E-state index < -0.39 is 0 Å². The Morgan fingerprint density at radius 1 is 0.903 bits per heavy atom. The highest BCUT2D eigenvalue weighted by atomic mass is 32.2.